The molecule has 1 saturated heterocycles. The van der Waals surface area contributed by atoms with Gasteiger partial charge in [-0.25, -0.2) is 4.68 Å². The van der Waals surface area contributed by atoms with Crippen LogP contribution in [0, 0.1) is 13.8 Å². The predicted octanol–water partition coefficient (Wildman–Crippen LogP) is 5.80. The van der Waals surface area contributed by atoms with E-state index in [9.17, 15) is 9.59 Å². The summed E-state index contributed by atoms with van der Waals surface area (Å²) in [4.78, 5) is 29.6. The van der Waals surface area contributed by atoms with Crippen molar-refractivity contribution in [2.45, 2.75) is 58.9 Å². The largest absolute Gasteiger partial charge is 0.358 e. The van der Waals surface area contributed by atoms with Crippen LogP contribution in [0.2, 0.25) is 0 Å². The van der Waals surface area contributed by atoms with Gasteiger partial charge in [-0.05, 0) is 93.1 Å². The number of benzene rings is 2. The lowest BCUT2D eigenvalue weighted by Gasteiger charge is -2.23. The van der Waals surface area contributed by atoms with Gasteiger partial charge in [0.05, 0.1) is 23.0 Å². The van der Waals surface area contributed by atoms with Crippen molar-refractivity contribution < 1.29 is 9.59 Å². The van der Waals surface area contributed by atoms with E-state index in [4.69, 9.17) is 0 Å². The maximum absolute atomic E-state index is 13.2. The van der Waals surface area contributed by atoms with Crippen molar-refractivity contribution in [3.63, 3.8) is 0 Å². The van der Waals surface area contributed by atoms with Gasteiger partial charge in [0, 0.05) is 47.0 Å². The molecule has 4 heterocycles. The van der Waals surface area contributed by atoms with E-state index in [1.807, 2.05) is 55.2 Å². The Bertz CT molecular complexity index is 1650. The van der Waals surface area contributed by atoms with Crippen LogP contribution < -0.4 is 16.0 Å². The van der Waals surface area contributed by atoms with Crippen molar-refractivity contribution in [2.75, 3.05) is 18.4 Å². The number of hydrogen-bond acceptors (Lipinski definition) is 4. The third kappa shape index (κ3) is 5.54. The highest BCUT2D eigenvalue weighted by molar-refractivity contribution is 6.35. The van der Waals surface area contributed by atoms with Gasteiger partial charge in [0.25, 0.3) is 11.8 Å². The molecule has 2 aliphatic heterocycles. The van der Waals surface area contributed by atoms with Gasteiger partial charge in [0.2, 0.25) is 0 Å². The number of carbonyl (C=O) groups is 2. The van der Waals surface area contributed by atoms with Crippen molar-refractivity contribution >= 4 is 29.2 Å². The molecule has 4 aromatic rings. The molecule has 8 heteroatoms. The highest BCUT2D eigenvalue weighted by Gasteiger charge is 2.27. The van der Waals surface area contributed by atoms with Gasteiger partial charge in [-0.3, -0.25) is 9.59 Å². The number of rotatable bonds is 8. The second-order valence-electron chi connectivity index (χ2n) is 11.4. The molecule has 8 nitrogen and oxygen atoms in total. The second kappa shape index (κ2) is 11.8. The topological polar surface area (TPSA) is 104 Å². The Hall–Kier alpha value is -4.43. The van der Waals surface area contributed by atoms with Crippen LogP contribution in [0.3, 0.4) is 0 Å². The molecule has 0 saturated carbocycles. The van der Waals surface area contributed by atoms with Gasteiger partial charge in [0.1, 0.15) is 0 Å². The number of unbranched alkanes of at least 4 members (excludes halogenated alkanes) is 1. The molecule has 2 aromatic heterocycles. The van der Waals surface area contributed by atoms with Crippen molar-refractivity contribution in [3.05, 3.63) is 88.5 Å². The summed E-state index contributed by atoms with van der Waals surface area (Å²) >= 11 is 0. The zero-order chi connectivity index (χ0) is 29.2. The van der Waals surface area contributed by atoms with Crippen molar-refractivity contribution in [3.8, 4) is 16.8 Å². The summed E-state index contributed by atoms with van der Waals surface area (Å²) in [5.41, 5.74) is 9.49. The molecule has 0 aliphatic carbocycles. The minimum Gasteiger partial charge on any atom is -0.358 e. The molecule has 6 rings (SSSR count). The van der Waals surface area contributed by atoms with Crippen LogP contribution in [0.15, 0.2) is 54.9 Å². The van der Waals surface area contributed by atoms with Crippen LogP contribution in [0.25, 0.3) is 28.5 Å². The molecule has 1 atom stereocenters. The average molecular weight is 563 g/mol. The fourth-order valence-electron chi connectivity index (χ4n) is 5.96. The zero-order valence-corrected chi connectivity index (χ0v) is 24.5. The summed E-state index contributed by atoms with van der Waals surface area (Å²) in [5.74, 6) is -0.238. The number of aromatic nitrogens is 3. The fraction of sp³-hybridized carbons (Fsp3) is 0.324. The first-order chi connectivity index (χ1) is 20.4. The van der Waals surface area contributed by atoms with Crippen LogP contribution in [0.4, 0.5) is 5.69 Å². The Kier molecular flexibility index (Phi) is 7.80. The van der Waals surface area contributed by atoms with Crippen LogP contribution in [-0.4, -0.2) is 45.7 Å². The molecule has 0 spiro atoms. The lowest BCUT2D eigenvalue weighted by atomic mass is 9.99. The summed E-state index contributed by atoms with van der Waals surface area (Å²) < 4.78 is 1.88. The van der Waals surface area contributed by atoms with Crippen LogP contribution in [-0.2, 0) is 11.2 Å². The van der Waals surface area contributed by atoms with Crippen molar-refractivity contribution in [1.82, 2.24) is 25.4 Å². The van der Waals surface area contributed by atoms with E-state index in [1.54, 1.807) is 0 Å². The lowest BCUT2D eigenvalue weighted by molar-refractivity contribution is -0.110. The fourth-order valence-corrected chi connectivity index (χ4v) is 5.96. The van der Waals surface area contributed by atoms with E-state index >= 15 is 0 Å². The van der Waals surface area contributed by atoms with E-state index in [0.717, 1.165) is 77.4 Å². The van der Waals surface area contributed by atoms with E-state index in [2.05, 4.69) is 57.2 Å². The highest BCUT2D eigenvalue weighted by Crippen LogP contribution is 2.37. The molecule has 0 radical (unpaired) electrons. The van der Waals surface area contributed by atoms with Crippen LogP contribution in [0.1, 0.15) is 71.0 Å². The summed E-state index contributed by atoms with van der Waals surface area (Å²) in [7, 11) is 0. The van der Waals surface area contributed by atoms with E-state index in [1.165, 1.54) is 18.4 Å². The predicted molar refractivity (Wildman–Crippen MR) is 168 cm³/mol. The summed E-state index contributed by atoms with van der Waals surface area (Å²) in [6.07, 6.45) is 11.2. The number of aryl methyl sites for hydroxylation is 2. The molecular formula is C34H38N6O2. The smallest absolute Gasteiger partial charge is 0.256 e. The first kappa shape index (κ1) is 27.7. The molecular weight excluding hydrogens is 524 g/mol. The number of carbonyl (C=O) groups excluding carboxylic acids is 2. The Morgan fingerprint density at radius 2 is 1.98 bits per heavy atom. The summed E-state index contributed by atoms with van der Waals surface area (Å²) in [6.45, 7) is 7.82. The van der Waals surface area contributed by atoms with Crippen LogP contribution in [0.5, 0.6) is 0 Å². The van der Waals surface area contributed by atoms with E-state index in [0.29, 0.717) is 11.1 Å². The number of anilines is 1. The number of H-pyrrole nitrogens is 1. The second-order valence-corrected chi connectivity index (χ2v) is 11.4. The first-order valence-electron chi connectivity index (χ1n) is 14.9. The highest BCUT2D eigenvalue weighted by atomic mass is 16.2. The van der Waals surface area contributed by atoms with Crippen LogP contribution >= 0.6 is 0 Å². The van der Waals surface area contributed by atoms with Gasteiger partial charge in [-0.1, -0.05) is 31.5 Å². The van der Waals surface area contributed by atoms with Crippen molar-refractivity contribution in [1.29, 1.82) is 0 Å². The maximum atomic E-state index is 13.2. The molecule has 2 aliphatic rings. The van der Waals surface area contributed by atoms with Gasteiger partial charge in [-0.15, -0.1) is 0 Å². The molecule has 0 unspecified atom stereocenters. The number of aromatic amines is 1. The molecule has 4 N–H and O–H groups in total. The number of piperidine rings is 1. The lowest BCUT2D eigenvalue weighted by Crippen LogP contribution is -2.45. The average Bonchev–Trinajstić information content (AvgIpc) is 3.68. The van der Waals surface area contributed by atoms with Gasteiger partial charge >= 0.3 is 0 Å². The van der Waals surface area contributed by atoms with E-state index in [-0.39, 0.29) is 17.9 Å². The number of amides is 2. The SMILES string of the molecule is CCCCc1ccc(-n2cc(-c3ccc4c(c3)/C(=C/c3[nH]c(C)c(C(=O)N[C@@H]5CCCNC5)c3C)C(=O)N4)cn2)cc1. The quantitative estimate of drug-likeness (QED) is 0.204. The van der Waals surface area contributed by atoms with Crippen molar-refractivity contribution in [2.24, 2.45) is 0 Å². The first-order valence-corrected chi connectivity index (χ1v) is 14.9. The minimum absolute atomic E-state index is 0.0780. The van der Waals surface area contributed by atoms with Gasteiger partial charge in [-0.2, -0.15) is 5.10 Å². The molecule has 2 aromatic carbocycles. The zero-order valence-electron chi connectivity index (χ0n) is 24.5. The summed E-state index contributed by atoms with van der Waals surface area (Å²) in [5, 5.41) is 14.1. The van der Waals surface area contributed by atoms with Gasteiger partial charge < -0.3 is 20.9 Å². The number of fused-ring (bicyclic) bond motifs is 1. The number of hydrogen-bond donors (Lipinski definition) is 4. The molecule has 2 amide bonds. The molecule has 216 valence electrons. The van der Waals surface area contributed by atoms with E-state index < -0.39 is 0 Å². The Morgan fingerprint density at radius 1 is 1.14 bits per heavy atom. The standard InChI is InChI=1S/C34H38N6O2/c1-4-5-7-23-9-12-27(13-10-23)40-20-25(18-36-40)24-11-14-30-28(16-24)29(33(41)39-30)17-31-21(2)32(22(3)37-31)34(42)38-26-8-6-15-35-19-26/h9-14,16-18,20,26,35,37H,4-8,15,19H2,1-3H3,(H,38,42)(H,39,41)/b29-17-/t26-/m1/s1. The number of nitrogens with zero attached hydrogens (tertiary/aromatic N) is 2. The Labute approximate surface area is 246 Å². The Morgan fingerprint density at radius 3 is 2.74 bits per heavy atom. The summed E-state index contributed by atoms with van der Waals surface area (Å²) in [6, 6.07) is 14.7. The normalized spacial score (nSPS) is 17.4. The third-order valence-corrected chi connectivity index (χ3v) is 8.36. The third-order valence-electron chi connectivity index (χ3n) is 8.36. The van der Waals surface area contributed by atoms with Gasteiger partial charge in [0.15, 0.2) is 0 Å². The maximum Gasteiger partial charge on any atom is 0.256 e. The molecule has 0 bridgehead atoms. The number of nitrogens with one attached hydrogen (secondary N) is 4. The monoisotopic (exact) mass is 562 g/mol. The molecule has 1 fully saturated rings. The Balaban J connectivity index is 1.25. The minimum atomic E-state index is -0.160. The molecule has 42 heavy (non-hydrogen) atoms.